The number of methoxy groups -OCH3 is 1. The number of esters is 1. The fraction of sp³-hybridized carbons (Fsp3) is 0.628. The van der Waals surface area contributed by atoms with Gasteiger partial charge in [0.05, 0.1) is 53.5 Å². The standard InChI is InChI=1S/C22H29NO4S.C21H27NO4S/c1-22(2,3)11-10-16-12-17(20(28-16)21(25)26-4)23-18(13-27-14-19(23)24)15-8-6-5-7-9-15;1-21(2,3)10-9-15-11-16(19(27-15)20(24)25)22-17(12-26-13-18(22)23)14-7-5-4-6-8-14/h12,15,18H,5-9,13-14H2,1-4H3;11,14,17H,4-8,12-13H2,1-3H3,(H,24,25)/t18-;17-/m00/s1. The second kappa shape index (κ2) is 18.5. The first-order valence-electron chi connectivity index (χ1n) is 19.5. The summed E-state index contributed by atoms with van der Waals surface area (Å²) >= 11 is 2.44. The molecule has 12 heteroatoms. The zero-order valence-electron chi connectivity index (χ0n) is 33.4. The van der Waals surface area contributed by atoms with Gasteiger partial charge in [-0.1, -0.05) is 62.2 Å². The SMILES string of the molecule is CC(C)(C)C#Cc1cc(N2C(=O)COC[C@H]2C2CCCCC2)c(C(=O)O)s1.COC(=O)c1sc(C#CC(C)(C)C)cc1N1C(=O)COC[C@H]1C1CCCCC1. The van der Waals surface area contributed by atoms with Crippen molar-refractivity contribution in [2.45, 2.75) is 118 Å². The third kappa shape index (κ3) is 11.2. The lowest BCUT2D eigenvalue weighted by molar-refractivity contribution is -0.129. The Balaban J connectivity index is 0.000000211. The second-order valence-corrected chi connectivity index (χ2v) is 19.0. The molecule has 2 aliphatic heterocycles. The molecule has 55 heavy (non-hydrogen) atoms. The number of anilines is 2. The highest BCUT2D eigenvalue weighted by molar-refractivity contribution is 7.15. The quantitative estimate of drug-likeness (QED) is 0.229. The summed E-state index contributed by atoms with van der Waals surface area (Å²) in [5.74, 6) is 11.7. The third-order valence-electron chi connectivity index (χ3n) is 10.2. The maximum atomic E-state index is 12.9. The van der Waals surface area contributed by atoms with E-state index < -0.39 is 11.9 Å². The van der Waals surface area contributed by atoms with Crippen molar-refractivity contribution in [2.24, 2.45) is 22.7 Å². The highest BCUT2D eigenvalue weighted by Gasteiger charge is 2.40. The van der Waals surface area contributed by atoms with Crippen molar-refractivity contribution in [1.29, 1.82) is 0 Å². The average Bonchev–Trinajstić information content (AvgIpc) is 3.78. The number of hydrogen-bond acceptors (Lipinski definition) is 9. The number of hydrogen-bond donors (Lipinski definition) is 1. The molecule has 298 valence electrons. The van der Waals surface area contributed by atoms with Crippen LogP contribution < -0.4 is 9.80 Å². The molecule has 0 unspecified atom stereocenters. The van der Waals surface area contributed by atoms with Crippen molar-refractivity contribution >= 4 is 57.8 Å². The first-order chi connectivity index (χ1) is 26.1. The Morgan fingerprint density at radius 1 is 0.709 bits per heavy atom. The smallest absolute Gasteiger partial charge is 0.350 e. The molecule has 0 bridgehead atoms. The summed E-state index contributed by atoms with van der Waals surface area (Å²) in [6, 6.07) is 3.51. The van der Waals surface area contributed by atoms with Crippen LogP contribution in [0, 0.1) is 46.3 Å². The second-order valence-electron chi connectivity index (χ2n) is 16.9. The molecule has 4 fully saturated rings. The van der Waals surface area contributed by atoms with Gasteiger partial charge in [0, 0.05) is 10.8 Å². The summed E-state index contributed by atoms with van der Waals surface area (Å²) in [7, 11) is 1.37. The van der Waals surface area contributed by atoms with Gasteiger partial charge in [-0.15, -0.1) is 22.7 Å². The minimum Gasteiger partial charge on any atom is -0.477 e. The number of carboxylic acids is 1. The van der Waals surface area contributed by atoms with Gasteiger partial charge in [0.15, 0.2) is 0 Å². The Morgan fingerprint density at radius 3 is 1.49 bits per heavy atom. The van der Waals surface area contributed by atoms with Gasteiger partial charge in [0.25, 0.3) is 11.8 Å². The zero-order valence-corrected chi connectivity index (χ0v) is 35.0. The van der Waals surface area contributed by atoms with E-state index in [0.29, 0.717) is 46.2 Å². The van der Waals surface area contributed by atoms with Crippen LogP contribution in [0.15, 0.2) is 12.1 Å². The van der Waals surface area contributed by atoms with E-state index >= 15 is 0 Å². The van der Waals surface area contributed by atoms with Crippen LogP contribution in [0.5, 0.6) is 0 Å². The molecular weight excluding hydrogens is 737 g/mol. The molecule has 6 rings (SSSR count). The van der Waals surface area contributed by atoms with E-state index in [0.717, 1.165) is 54.7 Å². The Bertz CT molecular complexity index is 1830. The van der Waals surface area contributed by atoms with E-state index in [2.05, 4.69) is 23.7 Å². The van der Waals surface area contributed by atoms with E-state index in [-0.39, 0.29) is 52.8 Å². The van der Waals surface area contributed by atoms with Crippen LogP contribution in [0.25, 0.3) is 0 Å². The van der Waals surface area contributed by atoms with Crippen LogP contribution in [0.2, 0.25) is 0 Å². The van der Waals surface area contributed by atoms with Gasteiger partial charge in [0.2, 0.25) is 0 Å². The van der Waals surface area contributed by atoms with Gasteiger partial charge in [-0.2, -0.15) is 0 Å². The molecule has 2 amide bonds. The van der Waals surface area contributed by atoms with Gasteiger partial charge >= 0.3 is 11.9 Å². The van der Waals surface area contributed by atoms with Crippen molar-refractivity contribution in [1.82, 2.24) is 0 Å². The van der Waals surface area contributed by atoms with Crippen LogP contribution >= 0.6 is 22.7 Å². The van der Waals surface area contributed by atoms with E-state index in [1.807, 2.05) is 47.6 Å². The minimum absolute atomic E-state index is 0.00112. The number of carboxylic acid groups (broad SMARTS) is 1. The number of aromatic carboxylic acids is 1. The largest absolute Gasteiger partial charge is 0.477 e. The first kappa shape index (κ1) is 42.5. The molecule has 4 heterocycles. The van der Waals surface area contributed by atoms with Crippen LogP contribution in [0.1, 0.15) is 135 Å². The minimum atomic E-state index is -1.01. The molecule has 0 radical (unpaired) electrons. The maximum absolute atomic E-state index is 12.9. The molecule has 2 saturated carbocycles. The van der Waals surface area contributed by atoms with E-state index in [1.165, 1.54) is 44.1 Å². The number of ether oxygens (including phenoxy) is 3. The lowest BCUT2D eigenvalue weighted by Crippen LogP contribution is -2.53. The monoisotopic (exact) mass is 792 g/mol. The van der Waals surface area contributed by atoms with E-state index in [1.54, 1.807) is 15.9 Å². The molecule has 1 N–H and O–H groups in total. The van der Waals surface area contributed by atoms with Crippen molar-refractivity contribution in [3.05, 3.63) is 31.6 Å². The lowest BCUT2D eigenvalue weighted by atomic mass is 9.83. The molecular formula is C43H56N2O8S2. The van der Waals surface area contributed by atoms with Crippen LogP contribution in [-0.2, 0) is 23.8 Å². The highest BCUT2D eigenvalue weighted by atomic mass is 32.1. The number of thiophene rings is 2. The molecule has 2 aromatic heterocycles. The number of rotatable bonds is 6. The van der Waals surface area contributed by atoms with Gasteiger partial charge < -0.3 is 29.1 Å². The molecule has 2 aliphatic carbocycles. The molecule has 2 atom stereocenters. The van der Waals surface area contributed by atoms with Crippen molar-refractivity contribution < 1.29 is 38.5 Å². The van der Waals surface area contributed by atoms with E-state index in [9.17, 15) is 24.3 Å². The summed E-state index contributed by atoms with van der Waals surface area (Å²) in [6.45, 7) is 13.2. The molecule has 0 aromatic carbocycles. The zero-order chi connectivity index (χ0) is 39.9. The predicted octanol–water partition coefficient (Wildman–Crippen LogP) is 8.40. The average molecular weight is 793 g/mol. The number of morpholine rings is 2. The van der Waals surface area contributed by atoms with Crippen molar-refractivity contribution in [2.75, 3.05) is 43.3 Å². The topological polar surface area (TPSA) is 123 Å². The van der Waals surface area contributed by atoms with Crippen LogP contribution in [-0.4, -0.2) is 74.5 Å². The first-order valence-corrected chi connectivity index (χ1v) is 21.1. The van der Waals surface area contributed by atoms with Gasteiger partial charge in [-0.25, -0.2) is 9.59 Å². The van der Waals surface area contributed by atoms with Gasteiger partial charge in [-0.3, -0.25) is 9.59 Å². The molecule has 2 aromatic rings. The lowest BCUT2D eigenvalue weighted by Gasteiger charge is -2.41. The maximum Gasteiger partial charge on any atom is 0.350 e. The fourth-order valence-electron chi connectivity index (χ4n) is 7.68. The number of carbonyl (C=O) groups excluding carboxylic acids is 3. The predicted molar refractivity (Wildman–Crippen MR) is 217 cm³/mol. The molecule has 10 nitrogen and oxygen atoms in total. The Hall–Kier alpha value is -3.68. The van der Waals surface area contributed by atoms with Gasteiger partial charge in [0.1, 0.15) is 23.0 Å². The number of nitrogens with zero attached hydrogens (tertiary/aromatic N) is 2. The Morgan fingerprint density at radius 2 is 1.11 bits per heavy atom. The Kier molecular flexibility index (Phi) is 14.3. The number of carbonyl (C=O) groups is 4. The van der Waals surface area contributed by atoms with Crippen molar-refractivity contribution in [3.63, 3.8) is 0 Å². The normalized spacial score (nSPS) is 21.4. The number of amides is 2. The molecule has 2 saturated heterocycles. The summed E-state index contributed by atoms with van der Waals surface area (Å²) in [4.78, 5) is 55.5. The molecule has 0 spiro atoms. The highest BCUT2D eigenvalue weighted by Crippen LogP contribution is 2.40. The fourth-order valence-corrected chi connectivity index (χ4v) is 9.45. The third-order valence-corrected chi connectivity index (χ3v) is 12.3. The summed E-state index contributed by atoms with van der Waals surface area (Å²) < 4.78 is 16.1. The van der Waals surface area contributed by atoms with Crippen molar-refractivity contribution in [3.8, 4) is 23.7 Å². The van der Waals surface area contributed by atoms with Gasteiger partial charge in [-0.05, 0) is 91.2 Å². The summed E-state index contributed by atoms with van der Waals surface area (Å²) in [5, 5.41) is 9.71. The van der Waals surface area contributed by atoms with E-state index in [4.69, 9.17) is 14.2 Å². The summed E-state index contributed by atoms with van der Waals surface area (Å²) in [6.07, 6.45) is 11.4. The van der Waals surface area contributed by atoms with Crippen LogP contribution in [0.4, 0.5) is 11.4 Å². The van der Waals surface area contributed by atoms with Crippen LogP contribution in [0.3, 0.4) is 0 Å². The summed E-state index contributed by atoms with van der Waals surface area (Å²) in [5.41, 5.74) is 0.788. The Labute approximate surface area is 334 Å². The molecule has 4 aliphatic rings.